The van der Waals surface area contributed by atoms with Crippen LogP contribution < -0.4 is 10.4 Å². The summed E-state index contributed by atoms with van der Waals surface area (Å²) >= 11 is 0. The third kappa shape index (κ3) is 5.33. The highest BCUT2D eigenvalue weighted by atomic mass is 28.4. The van der Waals surface area contributed by atoms with Gasteiger partial charge in [-0.05, 0) is 51.6 Å². The molecule has 2 aromatic carbocycles. The van der Waals surface area contributed by atoms with Crippen LogP contribution >= 0.6 is 0 Å². The summed E-state index contributed by atoms with van der Waals surface area (Å²) in [5.74, 6) is -0.00835. The Labute approximate surface area is 248 Å². The lowest BCUT2D eigenvalue weighted by molar-refractivity contribution is -0.141. The van der Waals surface area contributed by atoms with Gasteiger partial charge in [0.05, 0.1) is 19.1 Å². The van der Waals surface area contributed by atoms with E-state index in [1.165, 1.54) is 21.5 Å². The molecule has 2 fully saturated rings. The zero-order valence-electron chi connectivity index (χ0n) is 26.3. The van der Waals surface area contributed by atoms with Gasteiger partial charge in [0.15, 0.2) is 14.4 Å². The fourth-order valence-corrected chi connectivity index (χ4v) is 12.8. The third-order valence-corrected chi connectivity index (χ3v) is 19.5. The lowest BCUT2D eigenvalue weighted by Gasteiger charge is -2.45. The number of rotatable bonds is 7. The minimum atomic E-state index is -2.75. The van der Waals surface area contributed by atoms with Gasteiger partial charge in [-0.15, -0.1) is 0 Å². The second-order valence-electron chi connectivity index (χ2n) is 14.7. The van der Waals surface area contributed by atoms with Gasteiger partial charge < -0.3 is 18.3 Å². The molecular weight excluding hydrogens is 545 g/mol. The molecule has 222 valence electrons. The molecule has 41 heavy (non-hydrogen) atoms. The van der Waals surface area contributed by atoms with Crippen molar-refractivity contribution < 1.29 is 23.1 Å². The van der Waals surface area contributed by atoms with Crippen LogP contribution in [-0.4, -0.2) is 54.1 Å². The van der Waals surface area contributed by atoms with Crippen LogP contribution in [0, 0.1) is 11.8 Å². The van der Waals surface area contributed by atoms with Crippen molar-refractivity contribution in [2.45, 2.75) is 96.4 Å². The summed E-state index contributed by atoms with van der Waals surface area (Å²) in [5.41, 5.74) is 2.43. The smallest absolute Gasteiger partial charge is 0.309 e. The number of benzene rings is 2. The molecule has 0 N–H and O–H groups in total. The molecule has 0 aromatic heterocycles. The maximum Gasteiger partial charge on any atom is 0.309 e. The number of hydrogen-bond acceptors (Lipinski definition) is 5. The molecule has 2 saturated heterocycles. The molecule has 5 atom stereocenters. The summed E-state index contributed by atoms with van der Waals surface area (Å²) in [6.45, 7) is 21.8. The van der Waals surface area contributed by atoms with Gasteiger partial charge in [0.2, 0.25) is 0 Å². The normalized spacial score (nSPS) is 27.0. The SMILES string of the molecule is CC1=C2[C@@H](CO[C@H]3CC(=O)O[C@@H]23)[C@@H](CO[Si](c2ccccc2)(c2ccccc2)C(C)(C)C)[C@H]1O[Si](C)(C)C(C)(C)C. The standard InChI is InChI=1S/C34H48O5Si2/c1-23-30-26(21-36-28-20-29(35)38-32(28)30)27(31(23)39-40(8,9)33(2,3)4)22-37-41(34(5,6)7,24-16-12-10-13-17-24)25-18-14-11-15-19-25/h10-19,26-28,31-32H,20-22H2,1-9H3/t26-,27+,28-,31-,32+/m0/s1. The van der Waals surface area contributed by atoms with Crippen LogP contribution in [-0.2, 0) is 23.1 Å². The van der Waals surface area contributed by atoms with E-state index in [0.29, 0.717) is 19.6 Å². The molecule has 5 nitrogen and oxygen atoms in total. The lowest BCUT2D eigenvalue weighted by atomic mass is 9.85. The quantitative estimate of drug-likeness (QED) is 0.217. The van der Waals surface area contributed by atoms with Crippen LogP contribution in [0.5, 0.6) is 0 Å². The van der Waals surface area contributed by atoms with Gasteiger partial charge in [-0.2, -0.15) is 0 Å². The molecule has 5 rings (SSSR count). The lowest BCUT2D eigenvalue weighted by Crippen LogP contribution is -2.67. The van der Waals surface area contributed by atoms with Crippen molar-refractivity contribution in [3.63, 3.8) is 0 Å². The highest BCUT2D eigenvalue weighted by Crippen LogP contribution is 2.50. The molecular formula is C34H48O5Si2. The Morgan fingerprint density at radius 2 is 1.44 bits per heavy atom. The first-order chi connectivity index (χ1) is 19.2. The first-order valence-corrected chi connectivity index (χ1v) is 19.9. The van der Waals surface area contributed by atoms with E-state index < -0.39 is 16.6 Å². The minimum Gasteiger partial charge on any atom is -0.455 e. The molecule has 0 amide bonds. The van der Waals surface area contributed by atoms with Gasteiger partial charge in [-0.1, -0.05) is 102 Å². The van der Waals surface area contributed by atoms with E-state index in [1.807, 2.05) is 0 Å². The second-order valence-corrected chi connectivity index (χ2v) is 23.7. The van der Waals surface area contributed by atoms with Crippen LogP contribution in [0.25, 0.3) is 0 Å². The highest BCUT2D eigenvalue weighted by molar-refractivity contribution is 6.99. The van der Waals surface area contributed by atoms with Crippen molar-refractivity contribution in [1.29, 1.82) is 0 Å². The Hall–Kier alpha value is -2.04. The summed E-state index contributed by atoms with van der Waals surface area (Å²) in [5, 5.41) is 2.49. The number of carbonyl (C=O) groups is 1. The molecule has 0 radical (unpaired) electrons. The van der Waals surface area contributed by atoms with E-state index in [-0.39, 0.29) is 46.2 Å². The largest absolute Gasteiger partial charge is 0.455 e. The predicted octanol–water partition coefficient (Wildman–Crippen LogP) is 6.23. The topological polar surface area (TPSA) is 54.0 Å². The summed E-state index contributed by atoms with van der Waals surface area (Å²) in [7, 11) is -4.88. The molecule has 2 aromatic rings. The molecule has 0 spiro atoms. The maximum absolute atomic E-state index is 12.3. The molecule has 3 aliphatic rings. The molecule has 0 bridgehead atoms. The van der Waals surface area contributed by atoms with Gasteiger partial charge in [-0.25, -0.2) is 0 Å². The number of esters is 1. The molecule has 0 unspecified atom stereocenters. The monoisotopic (exact) mass is 592 g/mol. The fourth-order valence-electron chi connectivity index (χ4n) is 6.90. The minimum absolute atomic E-state index is 0.0635. The number of hydrogen-bond donors (Lipinski definition) is 0. The first kappa shape index (κ1) is 30.4. The third-order valence-electron chi connectivity index (χ3n) is 10.1. The van der Waals surface area contributed by atoms with E-state index in [0.717, 1.165) is 0 Å². The van der Waals surface area contributed by atoms with Crippen LogP contribution in [0.3, 0.4) is 0 Å². The zero-order valence-corrected chi connectivity index (χ0v) is 28.3. The van der Waals surface area contributed by atoms with Crippen molar-refractivity contribution in [3.8, 4) is 0 Å². The Morgan fingerprint density at radius 3 is 1.95 bits per heavy atom. The maximum atomic E-state index is 12.3. The van der Waals surface area contributed by atoms with E-state index in [4.69, 9.17) is 18.3 Å². The Bertz CT molecular complexity index is 1240. The van der Waals surface area contributed by atoms with Gasteiger partial charge in [0.1, 0.15) is 6.10 Å². The molecule has 2 heterocycles. The van der Waals surface area contributed by atoms with Crippen LogP contribution in [0.4, 0.5) is 0 Å². The van der Waals surface area contributed by atoms with Crippen molar-refractivity contribution in [3.05, 3.63) is 71.8 Å². The molecule has 1 aliphatic carbocycles. The second kappa shape index (κ2) is 10.9. The Morgan fingerprint density at radius 1 is 0.878 bits per heavy atom. The number of ether oxygens (including phenoxy) is 2. The average Bonchev–Trinajstić information content (AvgIpc) is 3.40. The van der Waals surface area contributed by atoms with Gasteiger partial charge in [0, 0.05) is 18.4 Å². The molecule has 7 heteroatoms. The van der Waals surface area contributed by atoms with E-state index in [9.17, 15) is 4.79 Å². The summed E-state index contributed by atoms with van der Waals surface area (Å²) in [4.78, 5) is 12.3. The van der Waals surface area contributed by atoms with Crippen molar-refractivity contribution in [2.75, 3.05) is 13.2 Å². The van der Waals surface area contributed by atoms with E-state index in [1.54, 1.807) is 0 Å². The van der Waals surface area contributed by atoms with Gasteiger partial charge >= 0.3 is 5.97 Å². The number of fused-ring (bicyclic) bond motifs is 3. The van der Waals surface area contributed by atoms with Crippen molar-refractivity contribution >= 4 is 33.0 Å². The zero-order chi connectivity index (χ0) is 29.8. The van der Waals surface area contributed by atoms with Gasteiger partial charge in [0.25, 0.3) is 8.32 Å². The summed E-state index contributed by atoms with van der Waals surface area (Å²) in [6.07, 6.45) is -0.292. The molecule has 0 saturated carbocycles. The van der Waals surface area contributed by atoms with Crippen LogP contribution in [0.15, 0.2) is 71.8 Å². The number of carbonyl (C=O) groups excluding carboxylic acids is 1. The Kier molecular flexibility index (Phi) is 8.09. The highest BCUT2D eigenvalue weighted by Gasteiger charge is 2.56. The van der Waals surface area contributed by atoms with Crippen LogP contribution in [0.1, 0.15) is 54.9 Å². The fraction of sp³-hybridized carbons (Fsp3) is 0.559. The summed E-state index contributed by atoms with van der Waals surface area (Å²) in [6, 6.07) is 21.6. The van der Waals surface area contributed by atoms with Crippen LogP contribution in [0.2, 0.25) is 23.2 Å². The summed E-state index contributed by atoms with van der Waals surface area (Å²) < 4.78 is 26.9. The predicted molar refractivity (Wildman–Crippen MR) is 170 cm³/mol. The van der Waals surface area contributed by atoms with E-state index in [2.05, 4.69) is 122 Å². The average molecular weight is 593 g/mol. The van der Waals surface area contributed by atoms with Crippen molar-refractivity contribution in [1.82, 2.24) is 0 Å². The van der Waals surface area contributed by atoms with Gasteiger partial charge in [-0.3, -0.25) is 4.79 Å². The van der Waals surface area contributed by atoms with Crippen molar-refractivity contribution in [2.24, 2.45) is 11.8 Å². The van der Waals surface area contributed by atoms with E-state index >= 15 is 0 Å². The molecule has 2 aliphatic heterocycles. The first-order valence-electron chi connectivity index (χ1n) is 15.1. The Balaban J connectivity index is 1.57.